The van der Waals surface area contributed by atoms with Crippen molar-refractivity contribution in [3.63, 3.8) is 0 Å². The maximum absolute atomic E-state index is 12.3. The van der Waals surface area contributed by atoms with Crippen LogP contribution in [0.3, 0.4) is 0 Å². The molecule has 0 bridgehead atoms. The third-order valence-corrected chi connectivity index (χ3v) is 4.36. The van der Waals surface area contributed by atoms with Gasteiger partial charge in [-0.3, -0.25) is 4.68 Å². The van der Waals surface area contributed by atoms with Crippen molar-refractivity contribution in [3.05, 3.63) is 12.4 Å². The minimum absolute atomic E-state index is 0.0859. The van der Waals surface area contributed by atoms with Crippen LogP contribution < -0.4 is 5.73 Å². The molecule has 0 aromatic carbocycles. The zero-order chi connectivity index (χ0) is 14.7. The van der Waals surface area contributed by atoms with Crippen LogP contribution in [-0.4, -0.2) is 42.6 Å². The summed E-state index contributed by atoms with van der Waals surface area (Å²) in [6.45, 7) is 7.67. The van der Waals surface area contributed by atoms with Gasteiger partial charge in [-0.2, -0.15) is 5.10 Å². The van der Waals surface area contributed by atoms with E-state index in [1.54, 1.807) is 17.9 Å². The number of hydrogen-bond donors (Lipinski definition) is 1. The van der Waals surface area contributed by atoms with Gasteiger partial charge in [-0.1, -0.05) is 20.8 Å². The average Bonchev–Trinajstić information content (AvgIpc) is 2.73. The predicted octanol–water partition coefficient (Wildman–Crippen LogP) is 0.899. The smallest absolute Gasteiger partial charge is 0.245 e. The molecule has 2 N–H and O–H groups in total. The van der Waals surface area contributed by atoms with Crippen LogP contribution in [0, 0.1) is 5.41 Å². The van der Waals surface area contributed by atoms with E-state index in [9.17, 15) is 8.42 Å². The van der Waals surface area contributed by atoms with Gasteiger partial charge in [0.1, 0.15) is 4.90 Å². The van der Waals surface area contributed by atoms with Gasteiger partial charge in [0.15, 0.2) is 0 Å². The number of aromatic nitrogens is 2. The van der Waals surface area contributed by atoms with Crippen molar-refractivity contribution in [2.75, 3.05) is 20.1 Å². The van der Waals surface area contributed by atoms with Gasteiger partial charge in [0.25, 0.3) is 0 Å². The molecule has 1 aromatic heterocycles. The average molecular weight is 288 g/mol. The molecule has 0 unspecified atom stereocenters. The minimum Gasteiger partial charge on any atom is -0.330 e. The van der Waals surface area contributed by atoms with Gasteiger partial charge in [-0.15, -0.1) is 0 Å². The van der Waals surface area contributed by atoms with Gasteiger partial charge >= 0.3 is 0 Å². The molecule has 110 valence electrons. The third kappa shape index (κ3) is 4.59. The van der Waals surface area contributed by atoms with Crippen LogP contribution in [0.2, 0.25) is 0 Å². The van der Waals surface area contributed by atoms with E-state index in [4.69, 9.17) is 5.73 Å². The first kappa shape index (κ1) is 16.1. The highest BCUT2D eigenvalue weighted by molar-refractivity contribution is 7.89. The summed E-state index contributed by atoms with van der Waals surface area (Å²) in [4.78, 5) is 0.233. The van der Waals surface area contributed by atoms with Gasteiger partial charge in [0.2, 0.25) is 10.0 Å². The van der Waals surface area contributed by atoms with Crippen LogP contribution in [0.4, 0.5) is 0 Å². The molecule has 1 aromatic rings. The highest BCUT2D eigenvalue weighted by Gasteiger charge is 2.26. The highest BCUT2D eigenvalue weighted by Crippen LogP contribution is 2.20. The van der Waals surface area contributed by atoms with Crippen molar-refractivity contribution in [1.29, 1.82) is 0 Å². The predicted molar refractivity (Wildman–Crippen MR) is 75.2 cm³/mol. The van der Waals surface area contributed by atoms with Crippen LogP contribution in [-0.2, 0) is 16.6 Å². The van der Waals surface area contributed by atoms with E-state index in [0.717, 1.165) is 6.42 Å². The molecule has 0 atom stereocenters. The Balaban J connectivity index is 2.85. The lowest BCUT2D eigenvalue weighted by molar-refractivity contribution is 0.311. The van der Waals surface area contributed by atoms with E-state index in [-0.39, 0.29) is 10.3 Å². The standard InChI is InChI=1S/C12H24N4O2S/c1-12(2,3)10-15(4)19(17,18)11-8-14-16(9-11)7-5-6-13/h8-9H,5-7,10,13H2,1-4H3. The van der Waals surface area contributed by atoms with Gasteiger partial charge in [0.05, 0.1) is 6.20 Å². The SMILES string of the molecule is CN(CC(C)(C)C)S(=O)(=O)c1cnn(CCCN)c1. The fourth-order valence-corrected chi connectivity index (χ4v) is 3.14. The molecule has 19 heavy (non-hydrogen) atoms. The zero-order valence-electron chi connectivity index (χ0n) is 12.1. The summed E-state index contributed by atoms with van der Waals surface area (Å²) in [5, 5.41) is 4.05. The van der Waals surface area contributed by atoms with E-state index in [2.05, 4.69) is 5.10 Å². The first-order chi connectivity index (χ1) is 8.66. The number of rotatable bonds is 6. The Morgan fingerprint density at radius 1 is 1.42 bits per heavy atom. The maximum Gasteiger partial charge on any atom is 0.245 e. The van der Waals surface area contributed by atoms with Gasteiger partial charge < -0.3 is 5.73 Å². The second-order valence-corrected chi connectivity index (χ2v) is 7.95. The summed E-state index contributed by atoms with van der Waals surface area (Å²) in [5.74, 6) is 0. The molecular weight excluding hydrogens is 264 g/mol. The van der Waals surface area contributed by atoms with Crippen molar-refractivity contribution in [2.24, 2.45) is 11.1 Å². The van der Waals surface area contributed by atoms with Crippen molar-refractivity contribution in [3.8, 4) is 0 Å². The van der Waals surface area contributed by atoms with Crippen molar-refractivity contribution in [1.82, 2.24) is 14.1 Å². The normalized spacial score (nSPS) is 13.2. The van der Waals surface area contributed by atoms with Crippen LogP contribution in [0.15, 0.2) is 17.3 Å². The van der Waals surface area contributed by atoms with Gasteiger partial charge in [-0.25, -0.2) is 12.7 Å². The lowest BCUT2D eigenvalue weighted by atomic mass is 9.97. The van der Waals surface area contributed by atoms with Crippen molar-refractivity contribution < 1.29 is 8.42 Å². The second kappa shape index (κ2) is 6.02. The summed E-state index contributed by atoms with van der Waals surface area (Å²) in [6, 6.07) is 0. The number of nitrogens with zero attached hydrogens (tertiary/aromatic N) is 3. The van der Waals surface area contributed by atoms with Crippen molar-refractivity contribution in [2.45, 2.75) is 38.6 Å². The molecule has 6 nitrogen and oxygen atoms in total. The number of hydrogen-bond acceptors (Lipinski definition) is 4. The number of aryl methyl sites for hydroxylation is 1. The van der Waals surface area contributed by atoms with Gasteiger partial charge in [0, 0.05) is 26.3 Å². The second-order valence-electron chi connectivity index (χ2n) is 5.90. The van der Waals surface area contributed by atoms with Crippen LogP contribution in [0.5, 0.6) is 0 Å². The Kier molecular flexibility index (Phi) is 5.11. The van der Waals surface area contributed by atoms with E-state index >= 15 is 0 Å². The van der Waals surface area contributed by atoms with E-state index in [0.29, 0.717) is 19.6 Å². The van der Waals surface area contributed by atoms with Crippen molar-refractivity contribution >= 4 is 10.0 Å². The Morgan fingerprint density at radius 2 is 2.05 bits per heavy atom. The van der Waals surface area contributed by atoms with Gasteiger partial charge in [-0.05, 0) is 18.4 Å². The van der Waals surface area contributed by atoms with Crippen LogP contribution in [0.25, 0.3) is 0 Å². The highest BCUT2D eigenvalue weighted by atomic mass is 32.2. The third-order valence-electron chi connectivity index (χ3n) is 2.61. The number of sulfonamides is 1. The quantitative estimate of drug-likeness (QED) is 0.843. The first-order valence-electron chi connectivity index (χ1n) is 6.36. The molecule has 1 rings (SSSR count). The Bertz CT molecular complexity index is 502. The fraction of sp³-hybridized carbons (Fsp3) is 0.750. The lowest BCUT2D eigenvalue weighted by Crippen LogP contribution is -2.34. The summed E-state index contributed by atoms with van der Waals surface area (Å²) in [5.41, 5.74) is 5.33. The fourth-order valence-electron chi connectivity index (χ4n) is 1.79. The molecule has 0 spiro atoms. The molecule has 0 aliphatic rings. The van der Waals surface area contributed by atoms with E-state index < -0.39 is 10.0 Å². The molecular formula is C12H24N4O2S. The molecule has 0 aliphatic heterocycles. The summed E-state index contributed by atoms with van der Waals surface area (Å²) >= 11 is 0. The zero-order valence-corrected chi connectivity index (χ0v) is 12.9. The summed E-state index contributed by atoms with van der Waals surface area (Å²) in [7, 11) is -1.86. The summed E-state index contributed by atoms with van der Waals surface area (Å²) in [6.07, 6.45) is 3.73. The molecule has 0 radical (unpaired) electrons. The lowest BCUT2D eigenvalue weighted by Gasteiger charge is -2.25. The Labute approximate surface area is 115 Å². The Morgan fingerprint density at radius 3 is 2.58 bits per heavy atom. The molecule has 0 saturated carbocycles. The van der Waals surface area contributed by atoms with Crippen LogP contribution >= 0.6 is 0 Å². The Hall–Kier alpha value is -0.920. The molecule has 0 aliphatic carbocycles. The molecule has 1 heterocycles. The first-order valence-corrected chi connectivity index (χ1v) is 7.80. The molecule has 0 amide bonds. The molecule has 7 heteroatoms. The van der Waals surface area contributed by atoms with E-state index in [1.807, 2.05) is 20.8 Å². The number of nitrogens with two attached hydrogens (primary N) is 1. The largest absolute Gasteiger partial charge is 0.330 e. The van der Waals surface area contributed by atoms with Crippen LogP contribution in [0.1, 0.15) is 27.2 Å². The topological polar surface area (TPSA) is 81.2 Å². The minimum atomic E-state index is -3.46. The summed E-state index contributed by atoms with van der Waals surface area (Å²) < 4.78 is 27.7. The monoisotopic (exact) mass is 288 g/mol. The van der Waals surface area contributed by atoms with E-state index in [1.165, 1.54) is 10.5 Å². The maximum atomic E-state index is 12.3. The molecule has 0 fully saturated rings. The molecule has 0 saturated heterocycles.